The molecule has 0 fully saturated rings. The molecular formula is C17H20N6OS. The summed E-state index contributed by atoms with van der Waals surface area (Å²) in [5.41, 5.74) is 7.32. The molecule has 0 radical (unpaired) electrons. The molecule has 0 unspecified atom stereocenters. The Morgan fingerprint density at radius 3 is 2.84 bits per heavy atom. The summed E-state index contributed by atoms with van der Waals surface area (Å²) >= 11 is 1.44. The van der Waals surface area contributed by atoms with Crippen molar-refractivity contribution in [1.82, 2.24) is 20.2 Å². The van der Waals surface area contributed by atoms with Crippen molar-refractivity contribution in [2.45, 2.75) is 26.2 Å². The fourth-order valence-electron chi connectivity index (χ4n) is 2.28. The summed E-state index contributed by atoms with van der Waals surface area (Å²) in [7, 11) is 0. The number of benzene rings is 1. The summed E-state index contributed by atoms with van der Waals surface area (Å²) in [6.45, 7) is 4.60. The third-order valence-corrected chi connectivity index (χ3v) is 4.52. The van der Waals surface area contributed by atoms with E-state index in [0.717, 1.165) is 16.4 Å². The topological polar surface area (TPSA) is 110 Å². The second-order valence-corrected chi connectivity index (χ2v) is 6.81. The number of carbonyl (C=O) groups excluding carboxylic acids is 1. The highest BCUT2D eigenvalue weighted by atomic mass is 32.1. The fourth-order valence-corrected chi connectivity index (χ4v) is 3.07. The molecule has 0 spiro atoms. The van der Waals surface area contributed by atoms with Crippen LogP contribution >= 0.6 is 11.3 Å². The van der Waals surface area contributed by atoms with Gasteiger partial charge in [-0.25, -0.2) is 9.97 Å². The largest absolute Gasteiger partial charge is 0.330 e. The van der Waals surface area contributed by atoms with Crippen LogP contribution in [0.15, 0.2) is 29.6 Å². The van der Waals surface area contributed by atoms with E-state index in [1.165, 1.54) is 11.3 Å². The number of nitrogens with two attached hydrogens (primary N) is 1. The number of hydrogen-bond donors (Lipinski definition) is 3. The molecule has 0 aliphatic carbocycles. The van der Waals surface area contributed by atoms with E-state index >= 15 is 0 Å². The number of para-hydroxylation sites is 1. The van der Waals surface area contributed by atoms with E-state index in [9.17, 15) is 4.79 Å². The number of hydrogen-bond acceptors (Lipinski definition) is 6. The van der Waals surface area contributed by atoms with E-state index in [1.54, 1.807) is 5.38 Å². The second kappa shape index (κ2) is 7.54. The van der Waals surface area contributed by atoms with Crippen LogP contribution in [0.4, 0.5) is 5.69 Å². The van der Waals surface area contributed by atoms with Gasteiger partial charge in [0.25, 0.3) is 5.91 Å². The van der Waals surface area contributed by atoms with Crippen LogP contribution in [0.25, 0.3) is 11.4 Å². The fraction of sp³-hybridized carbons (Fsp3) is 0.294. The van der Waals surface area contributed by atoms with Crippen molar-refractivity contribution in [2.75, 3.05) is 11.9 Å². The highest BCUT2D eigenvalue weighted by molar-refractivity contribution is 7.09. The molecule has 0 saturated carbocycles. The average Bonchev–Trinajstić information content (AvgIpc) is 3.25. The molecule has 0 aliphatic heterocycles. The quantitative estimate of drug-likeness (QED) is 0.629. The molecule has 3 aromatic rings. The van der Waals surface area contributed by atoms with Gasteiger partial charge in [-0.15, -0.1) is 11.3 Å². The third kappa shape index (κ3) is 3.92. The number of nitrogens with one attached hydrogen (secondary N) is 2. The molecule has 8 heteroatoms. The van der Waals surface area contributed by atoms with Crippen LogP contribution in [0.2, 0.25) is 0 Å². The van der Waals surface area contributed by atoms with Gasteiger partial charge in [-0.1, -0.05) is 26.0 Å². The minimum atomic E-state index is -0.258. The molecule has 4 N–H and O–H groups in total. The predicted octanol–water partition coefficient (Wildman–Crippen LogP) is 2.81. The molecule has 130 valence electrons. The number of aromatic nitrogens is 4. The summed E-state index contributed by atoms with van der Waals surface area (Å²) in [6.07, 6.45) is 0.670. The van der Waals surface area contributed by atoms with Crippen molar-refractivity contribution >= 4 is 22.9 Å². The molecular weight excluding hydrogens is 336 g/mol. The number of rotatable bonds is 6. The second-order valence-electron chi connectivity index (χ2n) is 5.86. The lowest BCUT2D eigenvalue weighted by Crippen LogP contribution is -2.13. The average molecular weight is 356 g/mol. The van der Waals surface area contributed by atoms with Gasteiger partial charge in [0, 0.05) is 23.3 Å². The van der Waals surface area contributed by atoms with E-state index in [1.807, 2.05) is 38.1 Å². The molecule has 3 rings (SSSR count). The third-order valence-electron chi connectivity index (χ3n) is 3.61. The molecule has 0 saturated heterocycles. The Morgan fingerprint density at radius 2 is 2.12 bits per heavy atom. The minimum Gasteiger partial charge on any atom is -0.330 e. The monoisotopic (exact) mass is 356 g/mol. The summed E-state index contributed by atoms with van der Waals surface area (Å²) in [5.74, 6) is 1.36. The summed E-state index contributed by atoms with van der Waals surface area (Å²) in [4.78, 5) is 21.3. The smallest absolute Gasteiger partial charge is 0.275 e. The van der Waals surface area contributed by atoms with Crippen molar-refractivity contribution in [3.63, 3.8) is 0 Å². The molecule has 2 heterocycles. The molecule has 2 aromatic heterocycles. The zero-order valence-corrected chi connectivity index (χ0v) is 14.9. The normalized spacial score (nSPS) is 11.0. The van der Waals surface area contributed by atoms with Gasteiger partial charge in [0.2, 0.25) is 0 Å². The number of H-pyrrole nitrogens is 1. The van der Waals surface area contributed by atoms with Gasteiger partial charge in [-0.2, -0.15) is 5.10 Å². The van der Waals surface area contributed by atoms with Crippen LogP contribution in [-0.2, 0) is 6.42 Å². The van der Waals surface area contributed by atoms with Gasteiger partial charge in [-0.3, -0.25) is 9.89 Å². The number of carbonyl (C=O) groups is 1. The van der Waals surface area contributed by atoms with Crippen LogP contribution < -0.4 is 11.1 Å². The van der Waals surface area contributed by atoms with Crippen LogP contribution in [0, 0.1) is 0 Å². The summed E-state index contributed by atoms with van der Waals surface area (Å²) in [5, 5.41) is 12.7. The van der Waals surface area contributed by atoms with E-state index in [-0.39, 0.29) is 11.8 Å². The highest BCUT2D eigenvalue weighted by Gasteiger charge is 2.16. The SMILES string of the molecule is CC(C)c1nc(-c2ccccc2NC(=O)c2csc(CCN)n2)n[nH]1. The van der Waals surface area contributed by atoms with E-state index < -0.39 is 0 Å². The molecule has 0 aliphatic rings. The summed E-state index contributed by atoms with van der Waals surface area (Å²) < 4.78 is 0. The Kier molecular flexibility index (Phi) is 5.20. The zero-order valence-electron chi connectivity index (χ0n) is 14.1. The van der Waals surface area contributed by atoms with Crippen molar-refractivity contribution in [1.29, 1.82) is 0 Å². The number of amides is 1. The lowest BCUT2D eigenvalue weighted by atomic mass is 10.1. The van der Waals surface area contributed by atoms with Gasteiger partial charge < -0.3 is 11.1 Å². The number of thiazole rings is 1. The Labute approximate surface area is 149 Å². The van der Waals surface area contributed by atoms with Crippen molar-refractivity contribution in [3.8, 4) is 11.4 Å². The maximum absolute atomic E-state index is 12.5. The number of nitrogens with zero attached hydrogens (tertiary/aromatic N) is 3. The molecule has 0 atom stereocenters. The highest BCUT2D eigenvalue weighted by Crippen LogP contribution is 2.26. The van der Waals surface area contributed by atoms with Crippen molar-refractivity contribution < 1.29 is 4.79 Å². The standard InChI is InChI=1S/C17H20N6OS/c1-10(2)15-21-16(23-22-15)11-5-3-4-6-12(11)20-17(24)13-9-25-14(19-13)7-8-18/h3-6,9-10H,7-8,18H2,1-2H3,(H,20,24)(H,21,22,23). The summed E-state index contributed by atoms with van der Waals surface area (Å²) in [6, 6.07) is 7.45. The van der Waals surface area contributed by atoms with E-state index in [2.05, 4.69) is 25.5 Å². The lowest BCUT2D eigenvalue weighted by molar-refractivity contribution is 0.102. The Hall–Kier alpha value is -2.58. The molecule has 25 heavy (non-hydrogen) atoms. The van der Waals surface area contributed by atoms with Crippen LogP contribution in [0.1, 0.15) is 41.1 Å². The first-order chi connectivity index (χ1) is 12.1. The van der Waals surface area contributed by atoms with Gasteiger partial charge in [0.15, 0.2) is 5.82 Å². The Balaban J connectivity index is 1.83. The number of aromatic amines is 1. The maximum Gasteiger partial charge on any atom is 0.275 e. The Bertz CT molecular complexity index is 869. The first kappa shape index (κ1) is 17.2. The zero-order chi connectivity index (χ0) is 17.8. The first-order valence-electron chi connectivity index (χ1n) is 8.06. The van der Waals surface area contributed by atoms with Gasteiger partial charge in [-0.05, 0) is 18.7 Å². The molecule has 7 nitrogen and oxygen atoms in total. The van der Waals surface area contributed by atoms with Crippen molar-refractivity contribution in [2.24, 2.45) is 5.73 Å². The maximum atomic E-state index is 12.5. The van der Waals surface area contributed by atoms with Crippen LogP contribution in [0.5, 0.6) is 0 Å². The molecule has 1 aromatic carbocycles. The molecule has 0 bridgehead atoms. The van der Waals surface area contributed by atoms with Gasteiger partial charge >= 0.3 is 0 Å². The van der Waals surface area contributed by atoms with Crippen molar-refractivity contribution in [3.05, 3.63) is 46.2 Å². The van der Waals surface area contributed by atoms with Gasteiger partial charge in [0.05, 0.1) is 10.7 Å². The van der Waals surface area contributed by atoms with E-state index in [0.29, 0.717) is 30.2 Å². The van der Waals surface area contributed by atoms with Gasteiger partial charge in [0.1, 0.15) is 11.5 Å². The number of anilines is 1. The predicted molar refractivity (Wildman–Crippen MR) is 98.7 cm³/mol. The van der Waals surface area contributed by atoms with E-state index in [4.69, 9.17) is 5.73 Å². The van der Waals surface area contributed by atoms with Crippen LogP contribution in [0.3, 0.4) is 0 Å². The Morgan fingerprint density at radius 1 is 1.32 bits per heavy atom. The minimum absolute atomic E-state index is 0.249. The lowest BCUT2D eigenvalue weighted by Gasteiger charge is -2.07. The first-order valence-corrected chi connectivity index (χ1v) is 8.94. The van der Waals surface area contributed by atoms with Crippen LogP contribution in [-0.4, -0.2) is 32.6 Å². The molecule has 1 amide bonds.